The molecule has 1 aliphatic carbocycles. The van der Waals surface area contributed by atoms with Gasteiger partial charge in [0.05, 0.1) is 16.8 Å². The van der Waals surface area contributed by atoms with Crippen LogP contribution in [0.5, 0.6) is 0 Å². The van der Waals surface area contributed by atoms with Gasteiger partial charge in [-0.2, -0.15) is 0 Å². The van der Waals surface area contributed by atoms with Crippen molar-refractivity contribution in [2.24, 2.45) is 0 Å². The molecule has 0 spiro atoms. The highest BCUT2D eigenvalue weighted by atomic mass is 32.1. The zero-order valence-electron chi connectivity index (χ0n) is 35.6. The summed E-state index contributed by atoms with van der Waals surface area (Å²) in [6.45, 7) is 6.97. The summed E-state index contributed by atoms with van der Waals surface area (Å²) in [6.07, 6.45) is 0. The van der Waals surface area contributed by atoms with Crippen LogP contribution in [-0.4, -0.2) is 0 Å². The van der Waals surface area contributed by atoms with Gasteiger partial charge >= 0.3 is 0 Å². The molecule has 1 heterocycles. The largest absolute Gasteiger partial charge is 0.309 e. The minimum atomic E-state index is -0.484. The van der Waals surface area contributed by atoms with E-state index in [4.69, 9.17) is 0 Å². The maximum absolute atomic E-state index is 2.57. The van der Waals surface area contributed by atoms with E-state index < -0.39 is 5.41 Å². The summed E-state index contributed by atoms with van der Waals surface area (Å²) in [7, 11) is 0. The van der Waals surface area contributed by atoms with Gasteiger partial charge < -0.3 is 4.90 Å². The Hall–Kier alpha value is -7.26. The summed E-state index contributed by atoms with van der Waals surface area (Å²) >= 11 is 1.88. The van der Waals surface area contributed by atoms with Crippen molar-refractivity contribution in [2.75, 3.05) is 4.90 Å². The van der Waals surface area contributed by atoms with Gasteiger partial charge in [0, 0.05) is 36.8 Å². The molecule has 0 radical (unpaired) electrons. The smallest absolute Gasteiger partial charge is 0.0713 e. The summed E-state index contributed by atoms with van der Waals surface area (Å²) in [5, 5.41) is 7.57. The van der Waals surface area contributed by atoms with Crippen LogP contribution in [0.4, 0.5) is 17.1 Å². The summed E-state index contributed by atoms with van der Waals surface area (Å²) in [5.74, 6) is 0. The Kier molecular flexibility index (Phi) is 8.58. The van der Waals surface area contributed by atoms with Crippen molar-refractivity contribution >= 4 is 70.1 Å². The molecule has 0 fully saturated rings. The van der Waals surface area contributed by atoms with E-state index in [9.17, 15) is 0 Å². The normalized spacial score (nSPS) is 13.1. The van der Waals surface area contributed by atoms with Crippen molar-refractivity contribution in [3.8, 4) is 22.3 Å². The van der Waals surface area contributed by atoms with Gasteiger partial charge in [-0.1, -0.05) is 203 Å². The number of thiophene rings is 1. The van der Waals surface area contributed by atoms with Gasteiger partial charge in [-0.3, -0.25) is 0 Å². The molecule has 300 valence electrons. The lowest BCUT2D eigenvalue weighted by Crippen LogP contribution is -2.28. The molecule has 2 heteroatoms. The fourth-order valence-corrected chi connectivity index (χ4v) is 12.0. The van der Waals surface area contributed by atoms with E-state index >= 15 is 0 Å². The zero-order chi connectivity index (χ0) is 42.3. The third kappa shape index (κ3) is 5.68. The first kappa shape index (κ1) is 37.5. The highest BCUT2D eigenvalue weighted by molar-refractivity contribution is 7.25. The van der Waals surface area contributed by atoms with Crippen LogP contribution in [0.1, 0.15) is 48.6 Å². The molecule has 0 atom stereocenters. The van der Waals surface area contributed by atoms with E-state index in [1.165, 1.54) is 91.8 Å². The first-order chi connectivity index (χ1) is 30.9. The van der Waals surface area contributed by atoms with Crippen LogP contribution in [0.2, 0.25) is 0 Å². The fraction of sp³-hybridized carbons (Fsp3) is 0.0820. The molecule has 0 saturated carbocycles. The molecule has 0 bridgehead atoms. The molecule has 12 rings (SSSR count). The summed E-state index contributed by atoms with van der Waals surface area (Å²) in [4.78, 5) is 2.57. The lowest BCUT2D eigenvalue weighted by molar-refractivity contribution is 0.596. The molecule has 0 aliphatic heterocycles. The first-order valence-electron chi connectivity index (χ1n) is 22.0. The minimum absolute atomic E-state index is 0.0395. The molecular weight excluding hydrogens is 779 g/mol. The van der Waals surface area contributed by atoms with Crippen LogP contribution in [0, 0.1) is 0 Å². The predicted octanol–water partition coefficient (Wildman–Crippen LogP) is 17.2. The molecular formula is C61H45NS. The molecule has 0 unspecified atom stereocenters. The Morgan fingerprint density at radius 1 is 0.413 bits per heavy atom. The van der Waals surface area contributed by atoms with Crippen molar-refractivity contribution in [2.45, 2.75) is 31.6 Å². The molecule has 1 aromatic heterocycles. The van der Waals surface area contributed by atoms with Crippen LogP contribution in [0.15, 0.2) is 218 Å². The quantitative estimate of drug-likeness (QED) is 0.161. The maximum Gasteiger partial charge on any atom is 0.0713 e. The second-order valence-corrected chi connectivity index (χ2v) is 19.1. The molecule has 1 aliphatic rings. The monoisotopic (exact) mass is 823 g/mol. The summed E-state index contributed by atoms with van der Waals surface area (Å²) < 4.78 is 2.60. The van der Waals surface area contributed by atoms with Crippen LogP contribution in [-0.2, 0) is 10.8 Å². The van der Waals surface area contributed by atoms with Crippen molar-refractivity contribution in [1.82, 2.24) is 0 Å². The molecule has 11 aromatic rings. The second-order valence-electron chi connectivity index (χ2n) is 18.0. The first-order valence-corrected chi connectivity index (χ1v) is 22.8. The van der Waals surface area contributed by atoms with E-state index in [1.54, 1.807) is 0 Å². The molecule has 63 heavy (non-hydrogen) atoms. The molecule has 0 amide bonds. The standard InChI is InChI=1S/C61H45NS/c1-60(2,3)51-36-38-54(47-27-13-12-25-45(47)51)62(55-37-33-40-19-10-11-24-44(40)58(55)49-29-18-32-57-59(49)48-28-15-17-31-56(48)63-57)43-34-35-53-50(39-43)46-26-14-16-30-52(46)61(53,41-20-6-4-7-21-41)42-22-8-5-9-23-42/h4-39H,1-3H3. The van der Waals surface area contributed by atoms with Crippen molar-refractivity contribution in [1.29, 1.82) is 0 Å². The topological polar surface area (TPSA) is 3.24 Å². The number of hydrogen-bond donors (Lipinski definition) is 0. The fourth-order valence-electron chi connectivity index (χ4n) is 10.8. The van der Waals surface area contributed by atoms with Crippen molar-refractivity contribution in [3.63, 3.8) is 0 Å². The third-order valence-electron chi connectivity index (χ3n) is 13.5. The van der Waals surface area contributed by atoms with Gasteiger partial charge in [0.1, 0.15) is 0 Å². The number of nitrogens with zero attached hydrogens (tertiary/aromatic N) is 1. The van der Waals surface area contributed by atoms with Crippen molar-refractivity contribution < 1.29 is 0 Å². The van der Waals surface area contributed by atoms with Gasteiger partial charge in [0.15, 0.2) is 0 Å². The summed E-state index contributed by atoms with van der Waals surface area (Å²) in [5.41, 5.74) is 14.4. The Balaban J connectivity index is 1.20. The lowest BCUT2D eigenvalue weighted by atomic mass is 9.68. The van der Waals surface area contributed by atoms with Gasteiger partial charge in [0.25, 0.3) is 0 Å². The second kappa shape index (κ2) is 14.4. The number of rotatable bonds is 6. The van der Waals surface area contributed by atoms with Crippen LogP contribution >= 0.6 is 11.3 Å². The Bertz CT molecular complexity index is 3510. The highest BCUT2D eigenvalue weighted by Gasteiger charge is 2.46. The van der Waals surface area contributed by atoms with E-state index in [-0.39, 0.29) is 5.41 Å². The van der Waals surface area contributed by atoms with E-state index in [0.29, 0.717) is 0 Å². The Morgan fingerprint density at radius 2 is 1.00 bits per heavy atom. The summed E-state index contributed by atoms with van der Waals surface area (Å²) in [6, 6.07) is 81.7. The Labute approximate surface area is 373 Å². The number of benzene rings is 10. The SMILES string of the molecule is CC(C)(C)c1ccc(N(c2ccc3c(c2)-c2ccccc2C3(c2ccccc2)c2ccccc2)c2ccc3ccccc3c2-c2cccc3sc4ccccc4c23)c2ccccc12. The van der Waals surface area contributed by atoms with Gasteiger partial charge in [-0.15, -0.1) is 11.3 Å². The average molecular weight is 824 g/mol. The van der Waals surface area contributed by atoms with Gasteiger partial charge in [-0.05, 0) is 102 Å². The lowest BCUT2D eigenvalue weighted by Gasteiger charge is -2.34. The predicted molar refractivity (Wildman–Crippen MR) is 270 cm³/mol. The zero-order valence-corrected chi connectivity index (χ0v) is 36.5. The van der Waals surface area contributed by atoms with E-state index in [0.717, 1.165) is 17.1 Å². The minimum Gasteiger partial charge on any atom is -0.309 e. The van der Waals surface area contributed by atoms with E-state index in [2.05, 4.69) is 244 Å². The third-order valence-corrected chi connectivity index (χ3v) is 14.6. The van der Waals surface area contributed by atoms with Crippen LogP contribution in [0.3, 0.4) is 0 Å². The molecule has 10 aromatic carbocycles. The van der Waals surface area contributed by atoms with Crippen LogP contribution < -0.4 is 4.90 Å². The number of anilines is 3. The molecule has 0 saturated heterocycles. The average Bonchev–Trinajstić information content (AvgIpc) is 3.86. The number of fused-ring (bicyclic) bond motifs is 8. The van der Waals surface area contributed by atoms with Crippen LogP contribution in [0.25, 0.3) is 64.0 Å². The highest BCUT2D eigenvalue weighted by Crippen LogP contribution is 2.58. The van der Waals surface area contributed by atoms with Gasteiger partial charge in [-0.25, -0.2) is 0 Å². The molecule has 1 nitrogen and oxygen atoms in total. The van der Waals surface area contributed by atoms with E-state index in [1.807, 2.05) is 11.3 Å². The Morgan fingerprint density at radius 3 is 1.76 bits per heavy atom. The van der Waals surface area contributed by atoms with Crippen molar-refractivity contribution in [3.05, 3.63) is 246 Å². The van der Waals surface area contributed by atoms with Gasteiger partial charge in [0.2, 0.25) is 0 Å². The maximum atomic E-state index is 2.57. The molecule has 0 N–H and O–H groups in total. The number of hydrogen-bond acceptors (Lipinski definition) is 2.